The molecule has 14 aromatic rings. The van der Waals surface area contributed by atoms with Gasteiger partial charge in [0.15, 0.2) is 21.9 Å². The van der Waals surface area contributed by atoms with Gasteiger partial charge in [-0.3, -0.25) is 54.0 Å². The van der Waals surface area contributed by atoms with Crippen LogP contribution in [0.15, 0.2) is 226 Å². The van der Waals surface area contributed by atoms with Gasteiger partial charge in [-0.25, -0.2) is 24.7 Å². The minimum Gasteiger partial charge on any atom is -0.506 e. The van der Waals surface area contributed by atoms with E-state index in [2.05, 4.69) is 197 Å². The molecule has 16 rings (SSSR count). The van der Waals surface area contributed by atoms with Crippen molar-refractivity contribution in [3.63, 3.8) is 0 Å². The lowest BCUT2D eigenvalue weighted by molar-refractivity contribution is -0.386. The van der Waals surface area contributed by atoms with Gasteiger partial charge in [0.05, 0.1) is 148 Å². The monoisotopic (exact) mass is 2210 g/mol. The Morgan fingerprint density at radius 2 is 0.935 bits per heavy atom. The molecule has 2 saturated heterocycles. The van der Waals surface area contributed by atoms with Crippen LogP contribution in [0.3, 0.4) is 0 Å². The Balaban J connectivity index is 0.000000224. The second kappa shape index (κ2) is 50.4. The fourth-order valence-electron chi connectivity index (χ4n) is 11.1. The maximum Gasteiger partial charge on any atom is 0.379 e. The van der Waals surface area contributed by atoms with Crippen LogP contribution in [-0.4, -0.2) is 227 Å². The maximum absolute atomic E-state index is 12.9. The Morgan fingerprint density at radius 1 is 0.452 bits per heavy atom. The lowest BCUT2D eigenvalue weighted by atomic mass is 10.1. The predicted octanol–water partition coefficient (Wildman–Crippen LogP) is 17.2. The number of ether oxygens (including phenoxy) is 7. The average molecular weight is 2220 g/mol. The van der Waals surface area contributed by atoms with Crippen molar-refractivity contribution in [2.24, 2.45) is 0 Å². The number of aromatic nitrogens is 12. The summed E-state index contributed by atoms with van der Waals surface area (Å²) in [6.07, 6.45) is 19.3. The van der Waals surface area contributed by atoms with Crippen molar-refractivity contribution >= 4 is 212 Å². The third kappa shape index (κ3) is 27.8. The first-order valence-corrected chi connectivity index (χ1v) is 42.2. The number of hydrogen-bond donors (Lipinski definition) is 7. The Kier molecular flexibility index (Phi) is 40.5. The molecule has 34 nitrogen and oxygen atoms in total. The van der Waals surface area contributed by atoms with Gasteiger partial charge in [0, 0.05) is 107 Å². The van der Waals surface area contributed by atoms with E-state index in [9.17, 15) is 38.9 Å². The molecule has 0 radical (unpaired) electrons. The highest BCUT2D eigenvalue weighted by molar-refractivity contribution is 9.12. The van der Waals surface area contributed by atoms with Crippen molar-refractivity contribution in [3.8, 4) is 46.0 Å². The summed E-state index contributed by atoms with van der Waals surface area (Å²) in [6, 6.07) is 33.8. The zero-order chi connectivity index (χ0) is 89.2. The fourth-order valence-corrected chi connectivity index (χ4v) is 15.4. The molecular weight excluding hydrogens is 2130 g/mol. The van der Waals surface area contributed by atoms with E-state index in [1.54, 1.807) is 93.6 Å². The van der Waals surface area contributed by atoms with E-state index in [0.29, 0.717) is 93.8 Å². The van der Waals surface area contributed by atoms with Crippen LogP contribution in [0.5, 0.6) is 46.0 Å². The highest BCUT2D eigenvalue weighted by Crippen LogP contribution is 2.37. The number of esters is 1. The molecule has 7 N–H and O–H groups in total. The van der Waals surface area contributed by atoms with Gasteiger partial charge in [-0.05, 0) is 200 Å². The van der Waals surface area contributed by atoms with E-state index in [-0.39, 0.29) is 53.6 Å². The Hall–Kier alpha value is -11.4. The van der Waals surface area contributed by atoms with Crippen LogP contribution in [0.25, 0.3) is 43.6 Å². The smallest absolute Gasteiger partial charge is 0.379 e. The molecule has 0 bridgehead atoms. The van der Waals surface area contributed by atoms with Crippen LogP contribution in [0.1, 0.15) is 50.3 Å². The van der Waals surface area contributed by atoms with Gasteiger partial charge in [-0.2, -0.15) is 0 Å². The van der Waals surface area contributed by atoms with E-state index in [4.69, 9.17) is 38.6 Å². The Labute approximate surface area is 778 Å². The van der Waals surface area contributed by atoms with E-state index in [1.165, 1.54) is 63.3 Å². The molecule has 2 aliphatic rings. The zero-order valence-corrected chi connectivity index (χ0v) is 78.7. The maximum atomic E-state index is 12.9. The summed E-state index contributed by atoms with van der Waals surface area (Å²) in [5, 5.41) is 34.3. The number of amides is 3. The van der Waals surface area contributed by atoms with Crippen molar-refractivity contribution in [2.45, 2.75) is 7.43 Å². The van der Waals surface area contributed by atoms with Gasteiger partial charge >= 0.3 is 11.7 Å². The molecule has 2 aliphatic heterocycles. The van der Waals surface area contributed by atoms with Gasteiger partial charge in [0.2, 0.25) is 0 Å². The van der Waals surface area contributed by atoms with Gasteiger partial charge in [0.1, 0.15) is 61.0 Å². The van der Waals surface area contributed by atoms with Gasteiger partial charge in [0.25, 0.3) is 29.3 Å². The summed E-state index contributed by atoms with van der Waals surface area (Å²) < 4.78 is 39.7. The van der Waals surface area contributed by atoms with Crippen LogP contribution in [-0.2, 0) is 14.3 Å². The molecule has 0 saturated carbocycles. The third-order valence-electron chi connectivity index (χ3n) is 17.1. The van der Waals surface area contributed by atoms with Crippen molar-refractivity contribution in [2.75, 3.05) is 102 Å². The van der Waals surface area contributed by atoms with E-state index in [1.807, 2.05) is 90.1 Å². The quantitative estimate of drug-likeness (QED) is 0.0141. The van der Waals surface area contributed by atoms with Crippen LogP contribution in [0, 0.1) is 10.1 Å². The minimum absolute atomic E-state index is 0. The molecule has 12 aromatic heterocycles. The third-order valence-corrected chi connectivity index (χ3v) is 21.4. The number of rotatable bonds is 13. The van der Waals surface area contributed by atoms with Gasteiger partial charge < -0.3 is 83.3 Å². The molecule has 2 fully saturated rings. The summed E-state index contributed by atoms with van der Waals surface area (Å²) in [6.45, 7) is 4.81. The number of carbonyl (C=O) groups is 6. The Morgan fingerprint density at radius 3 is 1.42 bits per heavy atom. The number of carbonyl (C=O) groups excluding carboxylic acids is 6. The van der Waals surface area contributed by atoms with E-state index in [0.717, 1.165) is 87.1 Å². The highest BCUT2D eigenvalue weighted by Gasteiger charge is 2.32. The van der Waals surface area contributed by atoms with E-state index < -0.39 is 28.4 Å². The van der Waals surface area contributed by atoms with Crippen LogP contribution in [0.4, 0.5) is 5.69 Å². The Bertz CT molecular complexity index is 5920. The number of nitrogens with one attached hydrogen (secondary N) is 5. The SMILES string of the molecule is C.COC(=O)C(=O)c1c[nH]c2cncc(OC)c12.COc1c(Br)nc(Br)c2[nH]ccc12.COc1cc([N+](=O)[O-])c(Br)nc1Br.COc1ccc(Br)nc1Br.COc1cncc2[nH]cc(C(=O)C(=O)N3CCN(C(=O)c4ccccc4)CC3)c12.COc1cncc2[nH]ccc12.O=C(c1ccccc1)N1CCNCC1.Oc1ccc(Br)nc1Br.Oc1cccnc1.[2HH]. The number of aromatic hydroxyl groups is 2. The number of methoxy groups -OCH3 is 7. The van der Waals surface area contributed by atoms with Crippen molar-refractivity contribution in [3.05, 3.63) is 259 Å². The number of hydrogen-bond acceptors (Lipinski definition) is 26. The molecule has 14 heterocycles. The highest BCUT2D eigenvalue weighted by atomic mass is 79.9. The molecule has 0 aliphatic carbocycles. The normalized spacial score (nSPS) is 11.6. The standard InChI is InChI=1S/C21H20N4O4.C11H10N2O4.C11H14N2O.C8H6Br2N2O.C8H8N2O.C6H4Br2N2O3.C6H5Br2NO.C5H3Br2NO.C5H5NO.CH4.H2/c1-29-17-13-22-12-16-18(17)15(11-23-16)19(26)21(28)25-9-7-24(8-10-25)20(27)14-5-3-2-4-6-14;1-16-8-5-12-4-7-9(8)6(3-13-7)10(14)11(15)17-2;14-11(10-4-2-1-3-5-10)13-8-6-12-7-9-13;1-13-6-4-2-3-11-5(4)7(9)12-8(6)10;1-11-8-5-9-4-7-6(8)2-3-10-7;1-13-4-2-3(10(11)12)5(7)9-6(4)8;1-10-4-2-3-5(7)9-6(4)8;6-4-2-1-3(9)5(7)8-4;7-5-2-1-3-6-4-5;;/h2-6,11-13,23H,7-10H2,1H3;3-5,13H,1-2H3;1-5,12H,6-9H2;2-3,11H,1H3;2-5,10H,1H3;2H,1H3;2-3H,1H3;1-2,9H;1-4,7H;1H4;1H/i;;;;;;;;;;1+1. The number of pyridine rings is 8. The summed E-state index contributed by atoms with van der Waals surface area (Å²) >= 11 is 25.4. The molecule has 0 unspecified atom stereocenters. The van der Waals surface area contributed by atoms with Crippen molar-refractivity contribution < 1.29 is 78.5 Å². The largest absolute Gasteiger partial charge is 0.506 e. The number of piperazine rings is 2. The number of nitrogens with zero attached hydrogens (tertiary/aromatic N) is 12. The number of H-pyrrole nitrogens is 4. The molecule has 2 aromatic carbocycles. The number of halogens is 8. The number of aromatic amines is 4. The summed E-state index contributed by atoms with van der Waals surface area (Å²) in [5.74, 6) is 1.09. The second-order valence-corrected chi connectivity index (χ2v) is 30.7. The zero-order valence-electron chi connectivity index (χ0n) is 66.0. The molecular formula is C82H81Br8N17O17. The van der Waals surface area contributed by atoms with E-state index >= 15 is 0 Å². The molecule has 124 heavy (non-hydrogen) atoms. The number of Topliss-reactive ketones (excluding diaryl/α,β-unsaturated/α-hetero) is 2. The van der Waals surface area contributed by atoms with Crippen LogP contribution in [0.2, 0.25) is 0 Å². The number of fused-ring (bicyclic) bond motifs is 4. The molecule has 3 amide bonds. The van der Waals surface area contributed by atoms with Crippen LogP contribution < -0.4 is 33.7 Å². The fraction of sp³-hybridized carbons (Fsp3) is 0.195. The molecule has 0 atom stereocenters. The number of nitro groups is 1. The first kappa shape index (κ1) is 99.7. The van der Waals surface area contributed by atoms with Crippen LogP contribution >= 0.6 is 127 Å². The first-order valence-electron chi connectivity index (χ1n) is 35.9. The van der Waals surface area contributed by atoms with Crippen molar-refractivity contribution in [1.82, 2.24) is 79.8 Å². The second-order valence-electron chi connectivity index (χ2n) is 24.5. The summed E-state index contributed by atoms with van der Waals surface area (Å²) in [5.41, 5.74) is 4.94. The molecule has 652 valence electrons. The minimum atomic E-state index is -0.912. The van der Waals surface area contributed by atoms with Crippen molar-refractivity contribution in [1.29, 1.82) is 0 Å². The predicted molar refractivity (Wildman–Crippen MR) is 496 cm³/mol. The summed E-state index contributed by atoms with van der Waals surface area (Å²) in [4.78, 5) is 132. The number of benzene rings is 2. The average Bonchev–Trinajstić information content (AvgIpc) is 1.64. The van der Waals surface area contributed by atoms with Gasteiger partial charge in [-0.1, -0.05) is 43.8 Å². The number of ketones is 2. The molecule has 42 heteroatoms. The molecule has 0 spiro atoms. The first-order chi connectivity index (χ1) is 59.2. The lowest BCUT2D eigenvalue weighted by Crippen LogP contribution is -2.52. The topological polar surface area (TPSA) is 439 Å². The lowest BCUT2D eigenvalue weighted by Gasteiger charge is -2.34. The van der Waals surface area contributed by atoms with Gasteiger partial charge in [-0.15, -0.1) is 0 Å². The summed E-state index contributed by atoms with van der Waals surface area (Å²) in [7, 11) is 10.4.